The van der Waals surface area contributed by atoms with Crippen LogP contribution in [0.25, 0.3) is 0 Å². The molecule has 1 saturated carbocycles. The Morgan fingerprint density at radius 3 is 3.00 bits per heavy atom. The fourth-order valence-electron chi connectivity index (χ4n) is 3.74. The summed E-state index contributed by atoms with van der Waals surface area (Å²) in [6, 6.07) is 9.46. The molecule has 0 spiro atoms. The van der Waals surface area contributed by atoms with Gasteiger partial charge in [0.2, 0.25) is 0 Å². The minimum atomic E-state index is 0.0868. The molecule has 1 aromatic carbocycles. The summed E-state index contributed by atoms with van der Waals surface area (Å²) < 4.78 is 5.58. The maximum absolute atomic E-state index is 12.6. The highest BCUT2D eigenvalue weighted by molar-refractivity contribution is 5.75. The molecule has 0 radical (unpaired) electrons. The van der Waals surface area contributed by atoms with E-state index in [1.807, 2.05) is 24.0 Å². The average molecular weight is 345 g/mol. The Bertz CT molecular complexity index is 590. The van der Waals surface area contributed by atoms with E-state index in [0.717, 1.165) is 38.1 Å². The zero-order valence-corrected chi connectivity index (χ0v) is 15.6. The summed E-state index contributed by atoms with van der Waals surface area (Å²) in [5, 5.41) is 6.77. The summed E-state index contributed by atoms with van der Waals surface area (Å²) in [5.41, 5.74) is 1.26. The van der Waals surface area contributed by atoms with Crippen molar-refractivity contribution in [3.05, 3.63) is 29.8 Å². The Balaban J connectivity index is 1.50. The molecule has 0 aromatic heterocycles. The van der Waals surface area contributed by atoms with Gasteiger partial charge in [0.1, 0.15) is 5.75 Å². The van der Waals surface area contributed by atoms with Gasteiger partial charge in [-0.05, 0) is 43.9 Å². The van der Waals surface area contributed by atoms with Crippen molar-refractivity contribution in [2.45, 2.75) is 64.1 Å². The number of rotatable bonds is 6. The van der Waals surface area contributed by atoms with Crippen molar-refractivity contribution in [3.63, 3.8) is 0 Å². The molecule has 1 aliphatic heterocycles. The van der Waals surface area contributed by atoms with Crippen molar-refractivity contribution in [2.24, 2.45) is 0 Å². The number of likely N-dealkylation sites (tertiary alicyclic amines) is 1. The summed E-state index contributed by atoms with van der Waals surface area (Å²) in [6.07, 6.45) is 3.24. The summed E-state index contributed by atoms with van der Waals surface area (Å²) in [6.45, 7) is 8.65. The summed E-state index contributed by atoms with van der Waals surface area (Å²) in [4.78, 5) is 14.6. The molecule has 25 heavy (non-hydrogen) atoms. The van der Waals surface area contributed by atoms with E-state index in [-0.39, 0.29) is 12.1 Å². The Morgan fingerprint density at radius 1 is 1.40 bits per heavy atom. The molecule has 138 valence electrons. The monoisotopic (exact) mass is 345 g/mol. The van der Waals surface area contributed by atoms with E-state index < -0.39 is 0 Å². The van der Waals surface area contributed by atoms with Crippen LogP contribution in [-0.2, 0) is 0 Å². The molecule has 5 heteroatoms. The number of urea groups is 1. The van der Waals surface area contributed by atoms with Crippen molar-refractivity contribution in [2.75, 3.05) is 19.7 Å². The number of carbonyl (C=O) groups is 1. The molecule has 1 aromatic rings. The molecule has 2 fully saturated rings. The van der Waals surface area contributed by atoms with E-state index in [1.165, 1.54) is 5.56 Å². The number of carbonyl (C=O) groups excluding carboxylic acids is 1. The molecule has 3 atom stereocenters. The lowest BCUT2D eigenvalue weighted by atomic mass is 10.1. The predicted octanol–water partition coefficient (Wildman–Crippen LogP) is 3.11. The minimum absolute atomic E-state index is 0.0868. The van der Waals surface area contributed by atoms with E-state index in [0.29, 0.717) is 24.6 Å². The number of benzene rings is 1. The number of piperidine rings is 1. The van der Waals surface area contributed by atoms with Crippen molar-refractivity contribution in [3.8, 4) is 5.75 Å². The standard InChI is InChI=1S/C20H31N3O2/c1-4-25-17-9-5-7-15(11-17)18-12-19(18)22-20(24)23-10-6-8-16(13-23)21-14(2)3/h5,7,9,11,14,16,18-19,21H,4,6,8,10,12-13H2,1-3H3,(H,22,24)/t16?,18-,19+/m0/s1. The first-order chi connectivity index (χ1) is 12.1. The van der Waals surface area contributed by atoms with Crippen molar-refractivity contribution >= 4 is 6.03 Å². The van der Waals surface area contributed by atoms with Gasteiger partial charge >= 0.3 is 6.03 Å². The number of amides is 2. The molecule has 5 nitrogen and oxygen atoms in total. The van der Waals surface area contributed by atoms with Gasteiger partial charge in [0, 0.05) is 37.1 Å². The Labute approximate surface area is 151 Å². The van der Waals surface area contributed by atoms with Crippen LogP contribution in [0.5, 0.6) is 5.75 Å². The van der Waals surface area contributed by atoms with Gasteiger partial charge in [-0.25, -0.2) is 4.79 Å². The van der Waals surface area contributed by atoms with Gasteiger partial charge in [-0.2, -0.15) is 0 Å². The van der Waals surface area contributed by atoms with Gasteiger partial charge in [-0.3, -0.25) is 0 Å². The first kappa shape index (κ1) is 18.1. The van der Waals surface area contributed by atoms with Crippen LogP contribution in [-0.4, -0.2) is 48.8 Å². The highest BCUT2D eigenvalue weighted by Crippen LogP contribution is 2.41. The number of nitrogens with zero attached hydrogens (tertiary/aromatic N) is 1. The van der Waals surface area contributed by atoms with Gasteiger partial charge in [0.25, 0.3) is 0 Å². The maximum atomic E-state index is 12.6. The number of nitrogens with one attached hydrogen (secondary N) is 2. The zero-order valence-electron chi connectivity index (χ0n) is 15.6. The summed E-state index contributed by atoms with van der Waals surface area (Å²) in [7, 11) is 0. The lowest BCUT2D eigenvalue weighted by Gasteiger charge is -2.34. The normalized spacial score (nSPS) is 25.8. The highest BCUT2D eigenvalue weighted by atomic mass is 16.5. The van der Waals surface area contributed by atoms with Crippen LogP contribution in [0.1, 0.15) is 51.5 Å². The minimum Gasteiger partial charge on any atom is -0.494 e. The topological polar surface area (TPSA) is 53.6 Å². The zero-order chi connectivity index (χ0) is 17.8. The lowest BCUT2D eigenvalue weighted by Crippen LogP contribution is -2.52. The van der Waals surface area contributed by atoms with Crippen molar-refractivity contribution < 1.29 is 9.53 Å². The third kappa shape index (κ3) is 4.88. The Morgan fingerprint density at radius 2 is 2.24 bits per heavy atom. The van der Waals surface area contributed by atoms with Crippen LogP contribution in [0.3, 0.4) is 0 Å². The van der Waals surface area contributed by atoms with E-state index in [2.05, 4.69) is 36.6 Å². The first-order valence-electron chi connectivity index (χ1n) is 9.61. The third-order valence-electron chi connectivity index (χ3n) is 4.97. The molecular formula is C20H31N3O2. The van der Waals surface area contributed by atoms with Gasteiger partial charge in [-0.1, -0.05) is 26.0 Å². The SMILES string of the molecule is CCOc1cccc([C@@H]2C[C@H]2NC(=O)N2CCCC(NC(C)C)C2)c1. The molecule has 1 unspecified atom stereocenters. The third-order valence-corrected chi connectivity index (χ3v) is 4.97. The van der Waals surface area contributed by atoms with Crippen LogP contribution in [0.4, 0.5) is 4.79 Å². The molecule has 3 rings (SSSR count). The summed E-state index contributed by atoms with van der Waals surface area (Å²) >= 11 is 0. The van der Waals surface area contributed by atoms with E-state index in [1.54, 1.807) is 0 Å². The Hall–Kier alpha value is -1.75. The quantitative estimate of drug-likeness (QED) is 0.833. The first-order valence-corrected chi connectivity index (χ1v) is 9.61. The second-order valence-corrected chi connectivity index (χ2v) is 7.51. The van der Waals surface area contributed by atoms with Gasteiger partial charge in [-0.15, -0.1) is 0 Å². The van der Waals surface area contributed by atoms with Gasteiger partial charge in [0.15, 0.2) is 0 Å². The fraction of sp³-hybridized carbons (Fsp3) is 0.650. The van der Waals surface area contributed by atoms with E-state index in [9.17, 15) is 4.79 Å². The molecular weight excluding hydrogens is 314 g/mol. The van der Waals surface area contributed by atoms with Crippen molar-refractivity contribution in [1.29, 1.82) is 0 Å². The molecule has 1 heterocycles. The van der Waals surface area contributed by atoms with Crippen LogP contribution < -0.4 is 15.4 Å². The second-order valence-electron chi connectivity index (χ2n) is 7.51. The average Bonchev–Trinajstić information content (AvgIpc) is 3.34. The molecule has 1 aliphatic carbocycles. The maximum Gasteiger partial charge on any atom is 0.317 e. The fourth-order valence-corrected chi connectivity index (χ4v) is 3.74. The molecule has 0 bridgehead atoms. The largest absolute Gasteiger partial charge is 0.494 e. The molecule has 2 aliphatic rings. The summed E-state index contributed by atoms with van der Waals surface area (Å²) in [5.74, 6) is 1.33. The second kappa shape index (κ2) is 8.09. The lowest BCUT2D eigenvalue weighted by molar-refractivity contribution is 0.170. The molecule has 2 amide bonds. The number of hydrogen-bond donors (Lipinski definition) is 2. The predicted molar refractivity (Wildman–Crippen MR) is 100 cm³/mol. The van der Waals surface area contributed by atoms with Crippen LogP contribution in [0, 0.1) is 0 Å². The van der Waals surface area contributed by atoms with E-state index >= 15 is 0 Å². The van der Waals surface area contributed by atoms with Crippen LogP contribution in [0.2, 0.25) is 0 Å². The number of hydrogen-bond acceptors (Lipinski definition) is 3. The number of ether oxygens (including phenoxy) is 1. The van der Waals surface area contributed by atoms with Crippen LogP contribution in [0.15, 0.2) is 24.3 Å². The van der Waals surface area contributed by atoms with E-state index in [4.69, 9.17) is 4.74 Å². The van der Waals surface area contributed by atoms with Crippen LogP contribution >= 0.6 is 0 Å². The smallest absolute Gasteiger partial charge is 0.317 e. The molecule has 1 saturated heterocycles. The Kier molecular flexibility index (Phi) is 5.84. The van der Waals surface area contributed by atoms with Crippen molar-refractivity contribution in [1.82, 2.24) is 15.5 Å². The van der Waals surface area contributed by atoms with Gasteiger partial charge < -0.3 is 20.3 Å². The molecule has 2 N–H and O–H groups in total. The highest BCUT2D eigenvalue weighted by Gasteiger charge is 2.40. The van der Waals surface area contributed by atoms with Gasteiger partial charge in [0.05, 0.1) is 6.61 Å².